The van der Waals surface area contributed by atoms with Crippen molar-refractivity contribution in [1.82, 2.24) is 0 Å². The van der Waals surface area contributed by atoms with E-state index in [2.05, 4.69) is 13.8 Å². The zero-order valence-electron chi connectivity index (χ0n) is 15.6. The van der Waals surface area contributed by atoms with E-state index < -0.39 is 0 Å². The van der Waals surface area contributed by atoms with Crippen molar-refractivity contribution >= 4 is 6.29 Å². The maximum atomic E-state index is 10.7. The van der Waals surface area contributed by atoms with Gasteiger partial charge in [0.25, 0.3) is 0 Å². The van der Waals surface area contributed by atoms with Crippen LogP contribution in [0.25, 0.3) is 0 Å². The van der Waals surface area contributed by atoms with Gasteiger partial charge in [0.05, 0.1) is 0 Å². The SMILES string of the molecule is CCCCCCCCCCCCCCCCCC(C=O)CC. The highest BCUT2D eigenvalue weighted by Crippen LogP contribution is 2.15. The largest absolute Gasteiger partial charge is 0.303 e. The van der Waals surface area contributed by atoms with E-state index in [1.54, 1.807) is 0 Å². The molecule has 0 aromatic carbocycles. The molecule has 1 nitrogen and oxygen atoms in total. The summed E-state index contributed by atoms with van der Waals surface area (Å²) in [5.41, 5.74) is 0. The van der Waals surface area contributed by atoms with E-state index in [1.807, 2.05) is 0 Å². The maximum absolute atomic E-state index is 10.7. The van der Waals surface area contributed by atoms with E-state index in [1.165, 1.54) is 96.3 Å². The predicted octanol–water partition coefficient (Wildman–Crippen LogP) is 7.47. The van der Waals surface area contributed by atoms with Gasteiger partial charge in [-0.15, -0.1) is 0 Å². The minimum Gasteiger partial charge on any atom is -0.303 e. The normalized spacial score (nSPS) is 12.5. The average molecular weight is 311 g/mol. The van der Waals surface area contributed by atoms with E-state index in [9.17, 15) is 4.79 Å². The van der Waals surface area contributed by atoms with Gasteiger partial charge in [0.2, 0.25) is 0 Å². The van der Waals surface area contributed by atoms with Gasteiger partial charge in [0.1, 0.15) is 6.29 Å². The molecule has 0 amide bonds. The Morgan fingerprint density at radius 2 is 0.955 bits per heavy atom. The zero-order chi connectivity index (χ0) is 16.3. The lowest BCUT2D eigenvalue weighted by Gasteiger charge is -2.06. The van der Waals surface area contributed by atoms with Crippen molar-refractivity contribution in [1.29, 1.82) is 0 Å². The van der Waals surface area contributed by atoms with Gasteiger partial charge in [-0.3, -0.25) is 0 Å². The summed E-state index contributed by atoms with van der Waals surface area (Å²) in [5, 5.41) is 0. The summed E-state index contributed by atoms with van der Waals surface area (Å²) < 4.78 is 0. The molecule has 0 saturated heterocycles. The van der Waals surface area contributed by atoms with Crippen LogP contribution in [0.15, 0.2) is 0 Å². The summed E-state index contributed by atoms with van der Waals surface area (Å²) in [4.78, 5) is 10.7. The Kier molecular flexibility index (Phi) is 18.4. The molecule has 0 radical (unpaired) electrons. The molecule has 0 saturated carbocycles. The van der Waals surface area contributed by atoms with Crippen LogP contribution in [-0.2, 0) is 4.79 Å². The van der Waals surface area contributed by atoms with Gasteiger partial charge < -0.3 is 4.79 Å². The summed E-state index contributed by atoms with van der Waals surface area (Å²) in [6, 6.07) is 0. The van der Waals surface area contributed by atoms with Crippen LogP contribution < -0.4 is 0 Å². The molecule has 0 N–H and O–H groups in total. The lowest BCUT2D eigenvalue weighted by molar-refractivity contribution is -0.111. The first-order chi connectivity index (χ1) is 10.8. The Bertz CT molecular complexity index is 212. The number of aldehydes is 1. The third-order valence-electron chi connectivity index (χ3n) is 4.90. The van der Waals surface area contributed by atoms with Gasteiger partial charge in [-0.2, -0.15) is 0 Å². The summed E-state index contributed by atoms with van der Waals surface area (Å²) >= 11 is 0. The standard InChI is InChI=1S/C21H42O/c1-3-5-6-7-8-9-10-11-12-13-14-15-16-17-18-19-21(4-2)20-22/h20-21H,3-19H2,1-2H3. The van der Waals surface area contributed by atoms with Crippen molar-refractivity contribution in [3.05, 3.63) is 0 Å². The number of hydrogen-bond acceptors (Lipinski definition) is 1. The van der Waals surface area contributed by atoms with E-state index in [4.69, 9.17) is 0 Å². The van der Waals surface area contributed by atoms with Crippen molar-refractivity contribution in [2.24, 2.45) is 5.92 Å². The molecule has 0 aliphatic carbocycles. The first-order valence-electron chi connectivity index (χ1n) is 10.3. The van der Waals surface area contributed by atoms with E-state index in [-0.39, 0.29) is 0 Å². The Balaban J connectivity index is 3.04. The molecule has 0 spiro atoms. The van der Waals surface area contributed by atoms with Gasteiger partial charge in [-0.1, -0.05) is 110 Å². The number of unbranched alkanes of at least 4 members (excludes halogenated alkanes) is 14. The summed E-state index contributed by atoms with van der Waals surface area (Å²) in [7, 11) is 0. The molecule has 132 valence electrons. The van der Waals surface area contributed by atoms with Crippen LogP contribution in [-0.4, -0.2) is 6.29 Å². The van der Waals surface area contributed by atoms with Crippen molar-refractivity contribution in [2.45, 2.75) is 123 Å². The van der Waals surface area contributed by atoms with Crippen molar-refractivity contribution in [3.63, 3.8) is 0 Å². The number of rotatable bonds is 18. The number of carbonyl (C=O) groups excluding carboxylic acids is 1. The second-order valence-corrected chi connectivity index (χ2v) is 7.04. The van der Waals surface area contributed by atoms with Crippen LogP contribution in [0.3, 0.4) is 0 Å². The van der Waals surface area contributed by atoms with Crippen LogP contribution in [0.4, 0.5) is 0 Å². The van der Waals surface area contributed by atoms with Crippen LogP contribution in [0.5, 0.6) is 0 Å². The van der Waals surface area contributed by atoms with Gasteiger partial charge in [0.15, 0.2) is 0 Å². The molecule has 0 aromatic rings. The minimum atomic E-state index is 0.321. The molecule has 22 heavy (non-hydrogen) atoms. The van der Waals surface area contributed by atoms with Crippen LogP contribution in [0.2, 0.25) is 0 Å². The summed E-state index contributed by atoms with van der Waals surface area (Å²) in [6.45, 7) is 4.40. The second kappa shape index (κ2) is 18.7. The van der Waals surface area contributed by atoms with E-state index >= 15 is 0 Å². The highest BCUT2D eigenvalue weighted by atomic mass is 16.1. The molecule has 0 heterocycles. The molecular formula is C21H42O. The highest BCUT2D eigenvalue weighted by molar-refractivity contribution is 5.53. The molecule has 0 aliphatic rings. The van der Waals surface area contributed by atoms with Crippen molar-refractivity contribution in [3.8, 4) is 0 Å². The number of carbonyl (C=O) groups is 1. The van der Waals surface area contributed by atoms with Crippen molar-refractivity contribution < 1.29 is 4.79 Å². The third-order valence-corrected chi connectivity index (χ3v) is 4.90. The molecule has 1 heteroatoms. The van der Waals surface area contributed by atoms with Crippen molar-refractivity contribution in [2.75, 3.05) is 0 Å². The highest BCUT2D eigenvalue weighted by Gasteiger charge is 2.02. The lowest BCUT2D eigenvalue weighted by Crippen LogP contribution is -1.99. The smallest absolute Gasteiger partial charge is 0.123 e. The zero-order valence-corrected chi connectivity index (χ0v) is 15.6. The number of hydrogen-bond donors (Lipinski definition) is 0. The minimum absolute atomic E-state index is 0.321. The van der Waals surface area contributed by atoms with Gasteiger partial charge in [-0.05, 0) is 12.8 Å². The molecule has 0 aromatic heterocycles. The van der Waals surface area contributed by atoms with Gasteiger partial charge in [-0.25, -0.2) is 0 Å². The van der Waals surface area contributed by atoms with Gasteiger partial charge in [0, 0.05) is 5.92 Å². The average Bonchev–Trinajstić information content (AvgIpc) is 2.55. The Morgan fingerprint density at radius 3 is 1.27 bits per heavy atom. The fourth-order valence-corrected chi connectivity index (χ4v) is 3.15. The van der Waals surface area contributed by atoms with Crippen LogP contribution >= 0.6 is 0 Å². The molecule has 0 rings (SSSR count). The Morgan fingerprint density at radius 1 is 0.591 bits per heavy atom. The first kappa shape index (κ1) is 21.7. The van der Waals surface area contributed by atoms with Crippen LogP contribution in [0, 0.1) is 5.92 Å². The third kappa shape index (κ3) is 16.0. The quantitative estimate of drug-likeness (QED) is 0.189. The maximum Gasteiger partial charge on any atom is 0.123 e. The van der Waals surface area contributed by atoms with E-state index in [0.717, 1.165) is 19.1 Å². The van der Waals surface area contributed by atoms with E-state index in [0.29, 0.717) is 5.92 Å². The predicted molar refractivity (Wildman–Crippen MR) is 99.4 cm³/mol. The fourth-order valence-electron chi connectivity index (χ4n) is 3.15. The fraction of sp³-hybridized carbons (Fsp3) is 0.952. The topological polar surface area (TPSA) is 17.1 Å². The van der Waals surface area contributed by atoms with Gasteiger partial charge >= 0.3 is 0 Å². The molecular weight excluding hydrogens is 268 g/mol. The second-order valence-electron chi connectivity index (χ2n) is 7.04. The summed E-state index contributed by atoms with van der Waals surface area (Å²) in [6.07, 6.45) is 24.4. The lowest BCUT2D eigenvalue weighted by atomic mass is 9.99. The molecule has 1 unspecified atom stereocenters. The molecule has 0 aliphatic heterocycles. The first-order valence-corrected chi connectivity index (χ1v) is 10.3. The summed E-state index contributed by atoms with van der Waals surface area (Å²) in [5.74, 6) is 0.321. The Hall–Kier alpha value is -0.330. The molecule has 0 bridgehead atoms. The molecule has 0 fully saturated rings. The molecule has 1 atom stereocenters. The van der Waals surface area contributed by atoms with Crippen LogP contribution in [0.1, 0.15) is 123 Å². The Labute approximate surface area is 140 Å². The monoisotopic (exact) mass is 310 g/mol.